The molecule has 4 rings (SSSR count). The van der Waals surface area contributed by atoms with Crippen LogP contribution >= 0.6 is 0 Å². The molecule has 0 radical (unpaired) electrons. The summed E-state index contributed by atoms with van der Waals surface area (Å²) in [4.78, 5) is 8.08. The van der Waals surface area contributed by atoms with Crippen molar-refractivity contribution in [3.63, 3.8) is 0 Å². The number of rotatable bonds is 7. The van der Waals surface area contributed by atoms with Crippen LogP contribution in [-0.2, 0) is 12.8 Å². The Kier molecular flexibility index (Phi) is 5.00. The summed E-state index contributed by atoms with van der Waals surface area (Å²) in [7, 11) is 0. The second-order valence-corrected chi connectivity index (χ2v) is 7.51. The summed E-state index contributed by atoms with van der Waals surface area (Å²) in [6.07, 6.45) is 7.57. The average Bonchev–Trinajstić information content (AvgIpc) is 2.97. The first kappa shape index (κ1) is 17.2. The van der Waals surface area contributed by atoms with Crippen molar-refractivity contribution in [2.45, 2.75) is 44.9 Å². The highest BCUT2D eigenvalue weighted by Crippen LogP contribution is 2.38. The zero-order chi connectivity index (χ0) is 17.9. The summed E-state index contributed by atoms with van der Waals surface area (Å²) < 4.78 is 26.8. The summed E-state index contributed by atoms with van der Waals surface area (Å²) in [5, 5.41) is 0. The second kappa shape index (κ2) is 7.56. The zero-order valence-corrected chi connectivity index (χ0v) is 14.8. The fraction of sp³-hybridized carbons (Fsp3) is 0.409. The topological polar surface area (TPSA) is 28.7 Å². The van der Waals surface area contributed by atoms with Crippen LogP contribution in [0.2, 0.25) is 0 Å². The molecule has 1 fully saturated rings. The molecule has 0 saturated heterocycles. The van der Waals surface area contributed by atoms with E-state index < -0.39 is 11.6 Å². The van der Waals surface area contributed by atoms with E-state index in [-0.39, 0.29) is 0 Å². The Morgan fingerprint density at radius 2 is 1.73 bits per heavy atom. The predicted octanol–water partition coefficient (Wildman–Crippen LogP) is 5.82. The van der Waals surface area contributed by atoms with E-state index in [9.17, 15) is 8.78 Å². The van der Waals surface area contributed by atoms with E-state index in [0.29, 0.717) is 5.92 Å². The standard InChI is InChI=1S/C22H24F2N2/c23-18-12-15(13-19(24)14-18)8-9-17(16-4-3-5-16)10-11-22-25-20-6-1-2-7-21(20)26-22/h1-2,6-7,12-14,16-17H,3-5,8-11H2,(H,25,26). The van der Waals surface area contributed by atoms with Crippen molar-refractivity contribution in [2.75, 3.05) is 0 Å². The third-order valence-electron chi connectivity index (χ3n) is 5.73. The van der Waals surface area contributed by atoms with Gasteiger partial charge in [0.05, 0.1) is 11.0 Å². The van der Waals surface area contributed by atoms with Gasteiger partial charge in [-0.15, -0.1) is 0 Å². The second-order valence-electron chi connectivity index (χ2n) is 7.51. The van der Waals surface area contributed by atoms with Gasteiger partial charge in [0.1, 0.15) is 17.5 Å². The summed E-state index contributed by atoms with van der Waals surface area (Å²) in [6, 6.07) is 11.9. The number of nitrogens with one attached hydrogen (secondary N) is 1. The molecular formula is C22H24F2N2. The molecule has 1 atom stereocenters. The van der Waals surface area contributed by atoms with E-state index in [4.69, 9.17) is 0 Å². The van der Waals surface area contributed by atoms with Crippen molar-refractivity contribution >= 4 is 11.0 Å². The van der Waals surface area contributed by atoms with E-state index in [0.717, 1.165) is 60.1 Å². The number of fused-ring (bicyclic) bond motifs is 1. The molecule has 3 aromatic rings. The quantitative estimate of drug-likeness (QED) is 0.569. The van der Waals surface area contributed by atoms with Gasteiger partial charge in [0.15, 0.2) is 0 Å². The van der Waals surface area contributed by atoms with Crippen LogP contribution in [0.3, 0.4) is 0 Å². The number of aromatic amines is 1. The minimum absolute atomic E-state index is 0.484. The molecule has 136 valence electrons. The first-order valence-electron chi connectivity index (χ1n) is 9.56. The number of aromatic nitrogens is 2. The van der Waals surface area contributed by atoms with Crippen molar-refractivity contribution in [1.82, 2.24) is 9.97 Å². The molecule has 1 aliphatic rings. The molecule has 1 aromatic heterocycles. The fourth-order valence-electron chi connectivity index (χ4n) is 4.08. The molecular weight excluding hydrogens is 330 g/mol. The maximum Gasteiger partial charge on any atom is 0.126 e. The van der Waals surface area contributed by atoms with E-state index >= 15 is 0 Å². The molecule has 0 spiro atoms. The van der Waals surface area contributed by atoms with Crippen LogP contribution in [0.4, 0.5) is 8.78 Å². The van der Waals surface area contributed by atoms with E-state index in [1.807, 2.05) is 24.3 Å². The van der Waals surface area contributed by atoms with Crippen molar-refractivity contribution in [2.24, 2.45) is 11.8 Å². The Hall–Kier alpha value is -2.23. The van der Waals surface area contributed by atoms with Crippen LogP contribution in [0, 0.1) is 23.5 Å². The third kappa shape index (κ3) is 3.95. The van der Waals surface area contributed by atoms with Crippen molar-refractivity contribution in [1.29, 1.82) is 0 Å². The first-order valence-corrected chi connectivity index (χ1v) is 9.56. The number of hydrogen-bond acceptors (Lipinski definition) is 1. The molecule has 1 unspecified atom stereocenters. The van der Waals surface area contributed by atoms with Gasteiger partial charge in [-0.05, 0) is 60.9 Å². The van der Waals surface area contributed by atoms with Gasteiger partial charge >= 0.3 is 0 Å². The lowest BCUT2D eigenvalue weighted by atomic mass is 9.72. The Balaban J connectivity index is 1.40. The lowest BCUT2D eigenvalue weighted by Crippen LogP contribution is -2.23. The molecule has 1 aliphatic carbocycles. The average molecular weight is 354 g/mol. The highest BCUT2D eigenvalue weighted by molar-refractivity contribution is 5.74. The minimum atomic E-state index is -0.484. The number of para-hydroxylation sites is 2. The molecule has 2 nitrogen and oxygen atoms in total. The molecule has 26 heavy (non-hydrogen) atoms. The lowest BCUT2D eigenvalue weighted by Gasteiger charge is -2.34. The molecule has 0 amide bonds. The van der Waals surface area contributed by atoms with Crippen LogP contribution < -0.4 is 0 Å². The molecule has 1 saturated carbocycles. The zero-order valence-electron chi connectivity index (χ0n) is 14.8. The Morgan fingerprint density at radius 1 is 1.00 bits per heavy atom. The van der Waals surface area contributed by atoms with Crippen molar-refractivity contribution in [3.05, 3.63) is 65.5 Å². The maximum atomic E-state index is 13.4. The smallest absolute Gasteiger partial charge is 0.126 e. The Morgan fingerprint density at radius 3 is 2.42 bits per heavy atom. The summed E-state index contributed by atoms with van der Waals surface area (Å²) >= 11 is 0. The molecule has 1 heterocycles. The summed E-state index contributed by atoms with van der Waals surface area (Å²) in [5.41, 5.74) is 2.85. The molecule has 2 aromatic carbocycles. The van der Waals surface area contributed by atoms with E-state index in [1.54, 1.807) is 0 Å². The van der Waals surface area contributed by atoms with E-state index in [1.165, 1.54) is 31.4 Å². The van der Waals surface area contributed by atoms with Gasteiger partial charge in [-0.1, -0.05) is 31.4 Å². The molecule has 4 heteroatoms. The van der Waals surface area contributed by atoms with Crippen LogP contribution in [0.15, 0.2) is 42.5 Å². The molecule has 1 N–H and O–H groups in total. The van der Waals surface area contributed by atoms with Gasteiger partial charge in [0.25, 0.3) is 0 Å². The van der Waals surface area contributed by atoms with Gasteiger partial charge in [-0.3, -0.25) is 0 Å². The third-order valence-corrected chi connectivity index (χ3v) is 5.73. The Labute approximate surface area is 152 Å². The number of H-pyrrole nitrogens is 1. The normalized spacial score (nSPS) is 15.9. The van der Waals surface area contributed by atoms with Crippen LogP contribution in [0.1, 0.15) is 43.5 Å². The Bertz CT molecular complexity index is 829. The number of halogens is 2. The van der Waals surface area contributed by atoms with Crippen molar-refractivity contribution in [3.8, 4) is 0 Å². The van der Waals surface area contributed by atoms with Gasteiger partial charge in [0, 0.05) is 12.5 Å². The summed E-state index contributed by atoms with van der Waals surface area (Å²) in [6.45, 7) is 0. The van der Waals surface area contributed by atoms with Crippen LogP contribution in [-0.4, -0.2) is 9.97 Å². The number of imidazole rings is 1. The lowest BCUT2D eigenvalue weighted by molar-refractivity contribution is 0.185. The number of benzene rings is 2. The largest absolute Gasteiger partial charge is 0.342 e. The van der Waals surface area contributed by atoms with Gasteiger partial charge in [-0.2, -0.15) is 0 Å². The predicted molar refractivity (Wildman–Crippen MR) is 99.9 cm³/mol. The van der Waals surface area contributed by atoms with Crippen LogP contribution in [0.25, 0.3) is 11.0 Å². The van der Waals surface area contributed by atoms with E-state index in [2.05, 4.69) is 9.97 Å². The maximum absolute atomic E-state index is 13.4. The molecule has 0 aliphatic heterocycles. The highest BCUT2D eigenvalue weighted by Gasteiger charge is 2.27. The SMILES string of the molecule is Fc1cc(F)cc(CCC(CCc2nc3ccccc3[nH]2)C2CCC2)c1. The van der Waals surface area contributed by atoms with Gasteiger partial charge in [-0.25, -0.2) is 13.8 Å². The van der Waals surface area contributed by atoms with Gasteiger partial charge < -0.3 is 4.98 Å². The summed E-state index contributed by atoms with van der Waals surface area (Å²) in [5.74, 6) is 1.40. The van der Waals surface area contributed by atoms with Crippen molar-refractivity contribution < 1.29 is 8.78 Å². The van der Waals surface area contributed by atoms with Gasteiger partial charge in [0.2, 0.25) is 0 Å². The number of nitrogens with zero attached hydrogens (tertiary/aromatic N) is 1. The fourth-order valence-corrected chi connectivity index (χ4v) is 4.08. The molecule has 0 bridgehead atoms. The first-order chi connectivity index (χ1) is 12.7. The monoisotopic (exact) mass is 354 g/mol. The number of hydrogen-bond donors (Lipinski definition) is 1. The minimum Gasteiger partial charge on any atom is -0.342 e. The number of aryl methyl sites for hydroxylation is 2. The van der Waals surface area contributed by atoms with Crippen LogP contribution in [0.5, 0.6) is 0 Å². The highest BCUT2D eigenvalue weighted by atomic mass is 19.1.